The molecule has 0 unspecified atom stereocenters. The van der Waals surface area contributed by atoms with Crippen molar-refractivity contribution in [1.82, 2.24) is 0 Å². The van der Waals surface area contributed by atoms with Crippen molar-refractivity contribution in [2.24, 2.45) is 0 Å². The van der Waals surface area contributed by atoms with Gasteiger partial charge in [0, 0.05) is 0 Å². The summed E-state index contributed by atoms with van der Waals surface area (Å²) in [5.41, 5.74) is 7.95. The summed E-state index contributed by atoms with van der Waals surface area (Å²) in [6, 6.07) is 13.3. The van der Waals surface area contributed by atoms with E-state index in [-0.39, 0.29) is 6.61 Å². The summed E-state index contributed by atoms with van der Waals surface area (Å²) in [4.78, 5) is 0. The van der Waals surface area contributed by atoms with Crippen LogP contribution in [0.15, 0.2) is 36.4 Å². The average molecular weight is 312 g/mol. The number of hydrogen-bond acceptors (Lipinski definition) is 2. The molecule has 2 rings (SSSR count). The maximum absolute atomic E-state index is 8.80. The van der Waals surface area contributed by atoms with Gasteiger partial charge in [0.15, 0.2) is 0 Å². The number of aliphatic hydroxyl groups is 1. The van der Waals surface area contributed by atoms with Gasteiger partial charge in [-0.3, -0.25) is 0 Å². The van der Waals surface area contributed by atoms with Crippen molar-refractivity contribution in [2.75, 3.05) is 13.2 Å². The molecule has 2 heteroatoms. The standard InChI is InChI=1S/C21H28O2/c1-15(2)20-7-5-6-18(12-20)13-21-16(3)10-19(11-17(21)4)14-23-9-8-22/h5-7,10-12,15,22H,8-9,13-14H2,1-4H3. The van der Waals surface area contributed by atoms with E-state index in [1.165, 1.54) is 33.4 Å². The van der Waals surface area contributed by atoms with Crippen LogP contribution in [0.5, 0.6) is 0 Å². The van der Waals surface area contributed by atoms with E-state index in [0.717, 1.165) is 6.42 Å². The van der Waals surface area contributed by atoms with Crippen molar-refractivity contribution in [3.63, 3.8) is 0 Å². The predicted octanol–water partition coefficient (Wildman–Crippen LogP) is 4.53. The van der Waals surface area contributed by atoms with Gasteiger partial charge < -0.3 is 9.84 Å². The molecule has 0 aliphatic rings. The first kappa shape index (κ1) is 17.7. The molecule has 0 radical (unpaired) electrons. The Morgan fingerprint density at radius 2 is 1.70 bits per heavy atom. The van der Waals surface area contributed by atoms with Gasteiger partial charge in [0.25, 0.3) is 0 Å². The SMILES string of the molecule is Cc1cc(COCCO)cc(C)c1Cc1cccc(C(C)C)c1. The van der Waals surface area contributed by atoms with Crippen LogP contribution < -0.4 is 0 Å². The molecule has 0 saturated carbocycles. The van der Waals surface area contributed by atoms with Crippen LogP contribution in [0.2, 0.25) is 0 Å². The van der Waals surface area contributed by atoms with Gasteiger partial charge in [-0.2, -0.15) is 0 Å². The summed E-state index contributed by atoms with van der Waals surface area (Å²) in [5, 5.41) is 8.80. The van der Waals surface area contributed by atoms with Crippen LogP contribution in [-0.2, 0) is 17.8 Å². The molecule has 2 nitrogen and oxygen atoms in total. The highest BCUT2D eigenvalue weighted by atomic mass is 16.5. The second-order valence-corrected chi connectivity index (χ2v) is 6.56. The first-order valence-electron chi connectivity index (χ1n) is 8.37. The second-order valence-electron chi connectivity index (χ2n) is 6.56. The molecule has 0 aliphatic carbocycles. The fourth-order valence-electron chi connectivity index (χ4n) is 2.97. The zero-order valence-corrected chi connectivity index (χ0v) is 14.7. The van der Waals surface area contributed by atoms with E-state index in [9.17, 15) is 0 Å². The Hall–Kier alpha value is -1.64. The number of aryl methyl sites for hydroxylation is 2. The van der Waals surface area contributed by atoms with Crippen molar-refractivity contribution in [2.45, 2.75) is 46.6 Å². The van der Waals surface area contributed by atoms with Gasteiger partial charge in [0.1, 0.15) is 0 Å². The molecule has 2 aromatic rings. The summed E-state index contributed by atoms with van der Waals surface area (Å²) in [7, 11) is 0. The van der Waals surface area contributed by atoms with Crippen molar-refractivity contribution >= 4 is 0 Å². The first-order valence-corrected chi connectivity index (χ1v) is 8.37. The number of ether oxygens (including phenoxy) is 1. The Morgan fingerprint density at radius 1 is 1.00 bits per heavy atom. The van der Waals surface area contributed by atoms with Gasteiger partial charge in [-0.05, 0) is 59.6 Å². The smallest absolute Gasteiger partial charge is 0.0718 e. The molecule has 0 aromatic heterocycles. The van der Waals surface area contributed by atoms with Gasteiger partial charge >= 0.3 is 0 Å². The summed E-state index contributed by atoms with van der Waals surface area (Å²) >= 11 is 0. The molecule has 0 saturated heterocycles. The molecule has 0 fully saturated rings. The largest absolute Gasteiger partial charge is 0.394 e. The number of benzene rings is 2. The Balaban J connectivity index is 2.18. The molecule has 0 spiro atoms. The van der Waals surface area contributed by atoms with E-state index in [1.54, 1.807) is 0 Å². The molecule has 0 atom stereocenters. The van der Waals surface area contributed by atoms with Crippen LogP contribution in [0.25, 0.3) is 0 Å². The Morgan fingerprint density at radius 3 is 2.30 bits per heavy atom. The van der Waals surface area contributed by atoms with Crippen molar-refractivity contribution in [3.05, 3.63) is 69.8 Å². The summed E-state index contributed by atoms with van der Waals surface area (Å²) < 4.78 is 5.43. The van der Waals surface area contributed by atoms with Gasteiger partial charge in [0.2, 0.25) is 0 Å². The normalized spacial score (nSPS) is 11.2. The highest BCUT2D eigenvalue weighted by Gasteiger charge is 2.08. The van der Waals surface area contributed by atoms with E-state index >= 15 is 0 Å². The summed E-state index contributed by atoms with van der Waals surface area (Å²) in [5.74, 6) is 0.559. The lowest BCUT2D eigenvalue weighted by Crippen LogP contribution is -2.02. The van der Waals surface area contributed by atoms with Crippen molar-refractivity contribution in [1.29, 1.82) is 0 Å². The van der Waals surface area contributed by atoms with E-state index in [1.807, 2.05) is 0 Å². The maximum atomic E-state index is 8.80. The second kappa shape index (κ2) is 8.28. The summed E-state index contributed by atoms with van der Waals surface area (Å²) in [6.07, 6.45) is 0.968. The highest BCUT2D eigenvalue weighted by Crippen LogP contribution is 2.23. The predicted molar refractivity (Wildman–Crippen MR) is 96.0 cm³/mol. The lowest BCUT2D eigenvalue weighted by Gasteiger charge is -2.14. The van der Waals surface area contributed by atoms with Crippen molar-refractivity contribution < 1.29 is 9.84 Å². The highest BCUT2D eigenvalue weighted by molar-refractivity contribution is 5.41. The zero-order valence-electron chi connectivity index (χ0n) is 14.7. The third kappa shape index (κ3) is 4.92. The molecule has 124 valence electrons. The molecule has 23 heavy (non-hydrogen) atoms. The Kier molecular flexibility index (Phi) is 6.37. The number of hydrogen-bond donors (Lipinski definition) is 1. The lowest BCUT2D eigenvalue weighted by molar-refractivity contribution is 0.0815. The Labute approximate surface area is 140 Å². The molecular formula is C21H28O2. The minimum absolute atomic E-state index is 0.0717. The van der Waals surface area contributed by atoms with E-state index in [4.69, 9.17) is 9.84 Å². The third-order valence-corrected chi connectivity index (χ3v) is 4.26. The first-order chi connectivity index (χ1) is 11.0. The van der Waals surface area contributed by atoms with Gasteiger partial charge in [-0.15, -0.1) is 0 Å². The van der Waals surface area contributed by atoms with Crippen LogP contribution in [0, 0.1) is 13.8 Å². The van der Waals surface area contributed by atoms with Crippen LogP contribution >= 0.6 is 0 Å². The van der Waals surface area contributed by atoms with Crippen LogP contribution in [0.1, 0.15) is 53.1 Å². The van der Waals surface area contributed by atoms with E-state index in [2.05, 4.69) is 64.1 Å². The minimum atomic E-state index is 0.0717. The van der Waals surface area contributed by atoms with E-state index < -0.39 is 0 Å². The molecule has 0 amide bonds. The summed E-state index contributed by atoms with van der Waals surface area (Å²) in [6.45, 7) is 9.83. The molecule has 0 aliphatic heterocycles. The van der Waals surface area contributed by atoms with Crippen molar-refractivity contribution in [3.8, 4) is 0 Å². The molecule has 0 heterocycles. The number of aliphatic hydroxyl groups excluding tert-OH is 1. The van der Waals surface area contributed by atoms with Crippen LogP contribution in [0.4, 0.5) is 0 Å². The molecular weight excluding hydrogens is 284 g/mol. The maximum Gasteiger partial charge on any atom is 0.0718 e. The minimum Gasteiger partial charge on any atom is -0.394 e. The van der Waals surface area contributed by atoms with Gasteiger partial charge in [-0.1, -0.05) is 50.2 Å². The van der Waals surface area contributed by atoms with E-state index in [0.29, 0.717) is 19.1 Å². The Bertz CT molecular complexity index is 621. The molecule has 2 aromatic carbocycles. The van der Waals surface area contributed by atoms with Crippen LogP contribution in [0.3, 0.4) is 0 Å². The average Bonchev–Trinajstić information content (AvgIpc) is 2.51. The topological polar surface area (TPSA) is 29.5 Å². The van der Waals surface area contributed by atoms with Gasteiger partial charge in [0.05, 0.1) is 19.8 Å². The fraction of sp³-hybridized carbons (Fsp3) is 0.429. The monoisotopic (exact) mass is 312 g/mol. The quantitative estimate of drug-likeness (QED) is 0.761. The molecule has 0 bridgehead atoms. The van der Waals surface area contributed by atoms with Gasteiger partial charge in [-0.25, -0.2) is 0 Å². The molecule has 1 N–H and O–H groups in total. The fourth-order valence-corrected chi connectivity index (χ4v) is 2.97. The number of rotatable bonds is 7. The third-order valence-electron chi connectivity index (χ3n) is 4.26. The zero-order chi connectivity index (χ0) is 16.8. The van der Waals surface area contributed by atoms with Crippen LogP contribution in [-0.4, -0.2) is 18.3 Å². The lowest BCUT2D eigenvalue weighted by atomic mass is 9.92.